The number of benzene rings is 2. The third kappa shape index (κ3) is 2.32. The number of phenols is 1. The van der Waals surface area contributed by atoms with Crippen LogP contribution in [0.5, 0.6) is 5.75 Å². The zero-order valence-electron chi connectivity index (χ0n) is 10.8. The Hall–Kier alpha value is -2.29. The van der Waals surface area contributed by atoms with Gasteiger partial charge in [-0.25, -0.2) is 0 Å². The number of hydrogen-bond donors (Lipinski definition) is 2. The van der Waals surface area contributed by atoms with Crippen LogP contribution in [0.3, 0.4) is 0 Å². The number of para-hydroxylation sites is 1. The molecule has 3 rings (SSSR count). The van der Waals surface area contributed by atoms with E-state index in [0.29, 0.717) is 5.75 Å². The van der Waals surface area contributed by atoms with E-state index >= 15 is 0 Å². The van der Waals surface area contributed by atoms with E-state index in [1.807, 2.05) is 24.3 Å². The van der Waals surface area contributed by atoms with Crippen molar-refractivity contribution in [3.8, 4) is 5.75 Å². The highest BCUT2D eigenvalue weighted by molar-refractivity contribution is 6.02. The first-order valence-electron chi connectivity index (χ1n) is 6.41. The van der Waals surface area contributed by atoms with Gasteiger partial charge in [0.05, 0.1) is 11.8 Å². The Bertz CT molecular complexity index is 634. The fourth-order valence-electron chi connectivity index (χ4n) is 2.41. The molecule has 1 aliphatic rings. The van der Waals surface area contributed by atoms with Gasteiger partial charge in [-0.3, -0.25) is 0 Å². The molecule has 2 N–H and O–H groups in total. The molecule has 1 aliphatic heterocycles. The molecule has 2 aromatic carbocycles. The van der Waals surface area contributed by atoms with Gasteiger partial charge in [-0.2, -0.15) is 5.10 Å². The highest BCUT2D eigenvalue weighted by Gasteiger charge is 2.23. The van der Waals surface area contributed by atoms with Crippen LogP contribution in [0.1, 0.15) is 29.2 Å². The van der Waals surface area contributed by atoms with E-state index < -0.39 is 0 Å². The standard InChI is InChI=1S/C16H16N2O/c1-11-5-4-6-12(9-11)14-10-15(18-17-14)13-7-2-3-8-16(13)19/h2-9,15,18-19H,10H2,1H3. The first-order valence-corrected chi connectivity index (χ1v) is 6.41. The SMILES string of the molecule is Cc1cccc(C2=NNC(c3ccccc3O)C2)c1. The number of nitrogens with one attached hydrogen (secondary N) is 1. The zero-order valence-corrected chi connectivity index (χ0v) is 10.8. The summed E-state index contributed by atoms with van der Waals surface area (Å²) in [5, 5.41) is 14.3. The summed E-state index contributed by atoms with van der Waals surface area (Å²) in [7, 11) is 0. The van der Waals surface area contributed by atoms with E-state index in [0.717, 1.165) is 23.3 Å². The largest absolute Gasteiger partial charge is 0.508 e. The molecule has 3 nitrogen and oxygen atoms in total. The lowest BCUT2D eigenvalue weighted by Gasteiger charge is -2.11. The van der Waals surface area contributed by atoms with Gasteiger partial charge in [0.25, 0.3) is 0 Å². The quantitative estimate of drug-likeness (QED) is 0.862. The summed E-state index contributed by atoms with van der Waals surface area (Å²) >= 11 is 0. The van der Waals surface area contributed by atoms with Gasteiger partial charge in [-0.15, -0.1) is 0 Å². The van der Waals surface area contributed by atoms with Crippen LogP contribution in [-0.4, -0.2) is 10.8 Å². The highest BCUT2D eigenvalue weighted by atomic mass is 16.3. The molecule has 2 aromatic rings. The van der Waals surface area contributed by atoms with Crippen LogP contribution >= 0.6 is 0 Å². The molecule has 0 fully saturated rings. The van der Waals surface area contributed by atoms with Crippen molar-refractivity contribution in [2.45, 2.75) is 19.4 Å². The monoisotopic (exact) mass is 252 g/mol. The van der Waals surface area contributed by atoms with Crippen LogP contribution in [0.15, 0.2) is 53.6 Å². The number of phenolic OH excluding ortho intramolecular Hbond substituents is 1. The van der Waals surface area contributed by atoms with Gasteiger partial charge in [0.2, 0.25) is 0 Å². The van der Waals surface area contributed by atoms with Gasteiger partial charge in [0.1, 0.15) is 5.75 Å². The Labute approximate surface area is 112 Å². The fourth-order valence-corrected chi connectivity index (χ4v) is 2.41. The molecule has 0 saturated heterocycles. The van der Waals surface area contributed by atoms with E-state index in [2.05, 4.69) is 35.7 Å². The topological polar surface area (TPSA) is 44.6 Å². The molecule has 0 aliphatic carbocycles. The maximum atomic E-state index is 9.88. The third-order valence-corrected chi connectivity index (χ3v) is 3.42. The van der Waals surface area contributed by atoms with Crippen molar-refractivity contribution in [2.75, 3.05) is 0 Å². The predicted molar refractivity (Wildman–Crippen MR) is 76.3 cm³/mol. The minimum absolute atomic E-state index is 0.0525. The van der Waals surface area contributed by atoms with Gasteiger partial charge in [-0.05, 0) is 18.6 Å². The van der Waals surface area contributed by atoms with Gasteiger partial charge in [0.15, 0.2) is 0 Å². The summed E-state index contributed by atoms with van der Waals surface area (Å²) in [5.74, 6) is 0.320. The van der Waals surface area contributed by atoms with Crippen molar-refractivity contribution in [3.05, 3.63) is 65.2 Å². The lowest BCUT2D eigenvalue weighted by Crippen LogP contribution is -2.10. The van der Waals surface area contributed by atoms with Crippen LogP contribution in [-0.2, 0) is 0 Å². The smallest absolute Gasteiger partial charge is 0.120 e. The maximum Gasteiger partial charge on any atom is 0.120 e. The molecule has 19 heavy (non-hydrogen) atoms. The summed E-state index contributed by atoms with van der Waals surface area (Å²) in [5.41, 5.74) is 7.42. The Kier molecular flexibility index (Phi) is 2.95. The van der Waals surface area contributed by atoms with Crippen molar-refractivity contribution < 1.29 is 5.11 Å². The van der Waals surface area contributed by atoms with E-state index in [1.165, 1.54) is 5.56 Å². The van der Waals surface area contributed by atoms with E-state index in [9.17, 15) is 5.11 Å². The van der Waals surface area contributed by atoms with Crippen molar-refractivity contribution in [3.63, 3.8) is 0 Å². The second kappa shape index (κ2) is 4.76. The second-order valence-corrected chi connectivity index (χ2v) is 4.87. The molecule has 96 valence electrons. The first kappa shape index (κ1) is 11.8. The number of aryl methyl sites for hydroxylation is 1. The molecular weight excluding hydrogens is 236 g/mol. The molecule has 0 saturated carbocycles. The Balaban J connectivity index is 1.82. The Morgan fingerprint density at radius 1 is 1.16 bits per heavy atom. The van der Waals surface area contributed by atoms with E-state index in [-0.39, 0.29) is 6.04 Å². The number of hydrazone groups is 1. The molecule has 1 heterocycles. The van der Waals surface area contributed by atoms with Crippen molar-refractivity contribution in [2.24, 2.45) is 5.10 Å². The number of rotatable bonds is 2. The molecule has 3 heteroatoms. The van der Waals surface area contributed by atoms with Crippen LogP contribution in [0.25, 0.3) is 0 Å². The van der Waals surface area contributed by atoms with E-state index in [4.69, 9.17) is 0 Å². The number of hydrogen-bond acceptors (Lipinski definition) is 3. The third-order valence-electron chi connectivity index (χ3n) is 3.42. The summed E-state index contributed by atoms with van der Waals surface area (Å²) in [6.45, 7) is 2.08. The molecule has 0 bridgehead atoms. The average Bonchev–Trinajstić information content (AvgIpc) is 2.89. The lowest BCUT2D eigenvalue weighted by atomic mass is 9.98. The van der Waals surface area contributed by atoms with Gasteiger partial charge in [0, 0.05) is 12.0 Å². The lowest BCUT2D eigenvalue weighted by molar-refractivity contribution is 0.455. The molecular formula is C16H16N2O. The predicted octanol–water partition coefficient (Wildman–Crippen LogP) is 3.14. The molecule has 1 atom stereocenters. The summed E-state index contributed by atoms with van der Waals surface area (Å²) < 4.78 is 0. The Morgan fingerprint density at radius 3 is 2.79 bits per heavy atom. The van der Waals surface area contributed by atoms with Gasteiger partial charge in [-0.1, -0.05) is 48.0 Å². The van der Waals surface area contributed by atoms with E-state index in [1.54, 1.807) is 6.07 Å². The maximum absolute atomic E-state index is 9.88. The molecule has 0 radical (unpaired) electrons. The van der Waals surface area contributed by atoms with Crippen LogP contribution in [0.4, 0.5) is 0 Å². The van der Waals surface area contributed by atoms with Crippen molar-refractivity contribution in [1.82, 2.24) is 5.43 Å². The zero-order chi connectivity index (χ0) is 13.2. The van der Waals surface area contributed by atoms with Crippen LogP contribution < -0.4 is 5.43 Å². The highest BCUT2D eigenvalue weighted by Crippen LogP contribution is 2.30. The molecule has 1 unspecified atom stereocenters. The van der Waals surface area contributed by atoms with Crippen molar-refractivity contribution >= 4 is 5.71 Å². The van der Waals surface area contributed by atoms with Gasteiger partial charge < -0.3 is 10.5 Å². The summed E-state index contributed by atoms with van der Waals surface area (Å²) in [4.78, 5) is 0. The molecule has 0 aromatic heterocycles. The molecule has 0 amide bonds. The van der Waals surface area contributed by atoms with Crippen LogP contribution in [0, 0.1) is 6.92 Å². The second-order valence-electron chi connectivity index (χ2n) is 4.87. The van der Waals surface area contributed by atoms with Gasteiger partial charge >= 0.3 is 0 Å². The molecule has 0 spiro atoms. The number of nitrogens with zero attached hydrogens (tertiary/aromatic N) is 1. The first-order chi connectivity index (χ1) is 9.24. The normalized spacial score (nSPS) is 17.9. The summed E-state index contributed by atoms with van der Waals surface area (Å²) in [6.07, 6.45) is 0.793. The minimum atomic E-state index is 0.0525. The number of aromatic hydroxyl groups is 1. The fraction of sp³-hybridized carbons (Fsp3) is 0.188. The average molecular weight is 252 g/mol. The van der Waals surface area contributed by atoms with Crippen LogP contribution in [0.2, 0.25) is 0 Å². The summed E-state index contributed by atoms with van der Waals surface area (Å²) in [6, 6.07) is 15.8. The minimum Gasteiger partial charge on any atom is -0.508 e. The van der Waals surface area contributed by atoms with Crippen molar-refractivity contribution in [1.29, 1.82) is 0 Å². The Morgan fingerprint density at radius 2 is 2.00 bits per heavy atom.